The molecule has 0 unspecified atom stereocenters. The number of rotatable bonds is 5. The summed E-state index contributed by atoms with van der Waals surface area (Å²) in [6, 6.07) is 28.5. The van der Waals surface area contributed by atoms with Crippen LogP contribution >= 0.6 is 15.9 Å². The van der Waals surface area contributed by atoms with Crippen LogP contribution in [-0.4, -0.2) is 21.0 Å². The molecule has 1 atom stereocenters. The van der Waals surface area contributed by atoms with Gasteiger partial charge >= 0.3 is 0 Å². The molecule has 1 heterocycles. The fourth-order valence-electron chi connectivity index (χ4n) is 4.68. The van der Waals surface area contributed by atoms with Crippen molar-refractivity contribution in [3.8, 4) is 0 Å². The van der Waals surface area contributed by atoms with Crippen LogP contribution in [0, 0.1) is 0 Å². The minimum Gasteiger partial charge on any atom is -0.406 e. The second-order valence-electron chi connectivity index (χ2n) is 9.13. The van der Waals surface area contributed by atoms with Crippen LogP contribution in [-0.2, 0) is 17.4 Å². The van der Waals surface area contributed by atoms with E-state index in [1.807, 2.05) is 0 Å². The lowest BCUT2D eigenvalue weighted by molar-refractivity contribution is 0.242. The Morgan fingerprint density at radius 3 is 2.07 bits per heavy atom. The van der Waals surface area contributed by atoms with Gasteiger partial charge in [0.25, 0.3) is 8.32 Å². The van der Waals surface area contributed by atoms with Crippen molar-refractivity contribution in [3.05, 3.63) is 94.5 Å². The second kappa shape index (κ2) is 8.79. The molecule has 4 heteroatoms. The largest absolute Gasteiger partial charge is 0.406 e. The second-order valence-corrected chi connectivity index (χ2v) is 14.3. The molecule has 1 aliphatic rings. The zero-order valence-electron chi connectivity index (χ0n) is 18.0. The Labute approximate surface area is 189 Å². The summed E-state index contributed by atoms with van der Waals surface area (Å²) < 4.78 is 8.33. The van der Waals surface area contributed by atoms with E-state index in [0.717, 1.165) is 13.0 Å². The summed E-state index contributed by atoms with van der Waals surface area (Å²) in [5.74, 6) is 0. The van der Waals surface area contributed by atoms with Crippen molar-refractivity contribution in [2.45, 2.75) is 44.8 Å². The van der Waals surface area contributed by atoms with Crippen molar-refractivity contribution in [2.24, 2.45) is 0 Å². The average Bonchev–Trinajstić information content (AvgIpc) is 2.75. The molecule has 1 aliphatic heterocycles. The molecule has 30 heavy (non-hydrogen) atoms. The normalized spacial score (nSPS) is 16.9. The number of hydrogen-bond acceptors (Lipinski definition) is 2. The van der Waals surface area contributed by atoms with E-state index in [9.17, 15) is 0 Å². The van der Waals surface area contributed by atoms with Gasteiger partial charge in [-0.25, -0.2) is 0 Å². The summed E-state index contributed by atoms with van der Waals surface area (Å²) in [5.41, 5.74) is 2.79. The molecule has 0 spiro atoms. The van der Waals surface area contributed by atoms with Crippen molar-refractivity contribution in [1.29, 1.82) is 0 Å². The van der Waals surface area contributed by atoms with Gasteiger partial charge in [0, 0.05) is 17.1 Å². The predicted octanol–water partition coefficient (Wildman–Crippen LogP) is 5.04. The van der Waals surface area contributed by atoms with Crippen LogP contribution in [0.15, 0.2) is 83.3 Å². The summed E-state index contributed by atoms with van der Waals surface area (Å²) in [5, 5.41) is 6.38. The van der Waals surface area contributed by atoms with Crippen LogP contribution in [0.2, 0.25) is 5.04 Å². The summed E-state index contributed by atoms with van der Waals surface area (Å²) in [4.78, 5) is 0. The number of halogens is 1. The van der Waals surface area contributed by atoms with Gasteiger partial charge in [0.1, 0.15) is 0 Å². The molecule has 0 amide bonds. The van der Waals surface area contributed by atoms with Gasteiger partial charge in [-0.1, -0.05) is 109 Å². The molecule has 4 rings (SSSR count). The number of hydrogen-bond donors (Lipinski definition) is 1. The van der Waals surface area contributed by atoms with Crippen molar-refractivity contribution >= 4 is 34.6 Å². The summed E-state index contributed by atoms with van der Waals surface area (Å²) in [6.07, 6.45) is 0.981. The summed E-state index contributed by atoms with van der Waals surface area (Å²) >= 11 is 3.75. The Morgan fingerprint density at radius 2 is 1.50 bits per heavy atom. The lowest BCUT2D eigenvalue weighted by Crippen LogP contribution is -2.67. The minimum atomic E-state index is -2.49. The molecule has 156 valence electrons. The molecular formula is C26H30BrNOSi. The third-order valence-corrected chi connectivity index (χ3v) is 11.9. The molecule has 0 bridgehead atoms. The van der Waals surface area contributed by atoms with Gasteiger partial charge in [0.15, 0.2) is 0 Å². The molecule has 2 nitrogen and oxygen atoms in total. The molecule has 0 saturated carbocycles. The highest BCUT2D eigenvalue weighted by Gasteiger charge is 2.50. The highest BCUT2D eigenvalue weighted by Crippen LogP contribution is 2.37. The van der Waals surface area contributed by atoms with Gasteiger partial charge in [-0.2, -0.15) is 0 Å². The Kier molecular flexibility index (Phi) is 6.30. The first-order valence-electron chi connectivity index (χ1n) is 10.7. The van der Waals surface area contributed by atoms with Crippen molar-refractivity contribution in [2.75, 3.05) is 6.61 Å². The molecular weight excluding hydrogens is 450 g/mol. The van der Waals surface area contributed by atoms with Crippen LogP contribution in [0.25, 0.3) is 0 Å². The van der Waals surface area contributed by atoms with Gasteiger partial charge in [-0.15, -0.1) is 0 Å². The Balaban J connectivity index is 1.69. The molecule has 0 saturated heterocycles. The summed E-state index contributed by atoms with van der Waals surface area (Å²) in [6.45, 7) is 8.59. The first-order valence-corrected chi connectivity index (χ1v) is 13.4. The van der Waals surface area contributed by atoms with Crippen molar-refractivity contribution in [3.63, 3.8) is 0 Å². The molecule has 3 aromatic rings. The number of nitrogens with one attached hydrogen (secondary N) is 1. The van der Waals surface area contributed by atoms with Gasteiger partial charge < -0.3 is 9.74 Å². The van der Waals surface area contributed by atoms with Gasteiger partial charge in [-0.05, 0) is 39.0 Å². The Bertz CT molecular complexity index is 945. The highest BCUT2D eigenvalue weighted by atomic mass is 79.9. The maximum absolute atomic E-state index is 7.12. The first kappa shape index (κ1) is 21.5. The van der Waals surface area contributed by atoms with E-state index in [-0.39, 0.29) is 5.04 Å². The van der Waals surface area contributed by atoms with Crippen LogP contribution in [0.1, 0.15) is 31.9 Å². The predicted molar refractivity (Wildman–Crippen MR) is 132 cm³/mol. The van der Waals surface area contributed by atoms with Gasteiger partial charge in [0.05, 0.1) is 6.61 Å². The third kappa shape index (κ3) is 4.06. The van der Waals surface area contributed by atoms with Gasteiger partial charge in [-0.3, -0.25) is 0 Å². The monoisotopic (exact) mass is 479 g/mol. The molecule has 1 N–H and O–H groups in total. The van der Waals surface area contributed by atoms with E-state index >= 15 is 0 Å². The lowest BCUT2D eigenvalue weighted by atomic mass is 9.96. The first-order chi connectivity index (χ1) is 14.4. The quantitative estimate of drug-likeness (QED) is 0.517. The third-order valence-electron chi connectivity index (χ3n) is 6.17. The van der Waals surface area contributed by atoms with Crippen LogP contribution in [0.3, 0.4) is 0 Å². The van der Waals surface area contributed by atoms with Crippen LogP contribution in [0.4, 0.5) is 0 Å². The van der Waals surface area contributed by atoms with E-state index < -0.39 is 8.32 Å². The molecule has 0 aromatic heterocycles. The van der Waals surface area contributed by atoms with Crippen LogP contribution in [0.5, 0.6) is 0 Å². The number of benzene rings is 3. The molecule has 0 aliphatic carbocycles. The zero-order chi connectivity index (χ0) is 21.2. The van der Waals surface area contributed by atoms with Crippen LogP contribution < -0.4 is 15.7 Å². The smallest absolute Gasteiger partial charge is 0.261 e. The van der Waals surface area contributed by atoms with Gasteiger partial charge in [0.2, 0.25) is 0 Å². The molecule has 0 radical (unpaired) electrons. The van der Waals surface area contributed by atoms with E-state index in [0.29, 0.717) is 12.6 Å². The molecule has 0 fully saturated rings. The lowest BCUT2D eigenvalue weighted by Gasteiger charge is -2.44. The molecule has 3 aromatic carbocycles. The van der Waals surface area contributed by atoms with E-state index in [1.165, 1.54) is 26.0 Å². The highest BCUT2D eigenvalue weighted by molar-refractivity contribution is 9.10. The zero-order valence-corrected chi connectivity index (χ0v) is 20.6. The fraction of sp³-hybridized carbons (Fsp3) is 0.308. The van der Waals surface area contributed by atoms with E-state index in [2.05, 4.69) is 121 Å². The Morgan fingerprint density at radius 1 is 0.900 bits per heavy atom. The van der Waals surface area contributed by atoms with E-state index in [1.54, 1.807) is 0 Å². The minimum absolute atomic E-state index is 0.00284. The average molecular weight is 481 g/mol. The maximum atomic E-state index is 7.12. The summed E-state index contributed by atoms with van der Waals surface area (Å²) in [7, 11) is -2.49. The van der Waals surface area contributed by atoms with Crippen molar-refractivity contribution < 1.29 is 4.43 Å². The fourth-order valence-corrected chi connectivity index (χ4v) is 9.85. The standard InChI is InChI=1S/C26H30BrNOSi/c1-26(2,3)30(22-12-6-4-7-13-22,23-14-8-5-9-15-23)29-19-21-17-24-20(18-28-21)11-10-16-25(24)27/h4-16,21,28H,17-19H2,1-3H3/t21-/m1/s1. The van der Waals surface area contributed by atoms with Crippen molar-refractivity contribution in [1.82, 2.24) is 5.32 Å². The SMILES string of the molecule is CC(C)(C)[Si](OC[C@H]1Cc2c(Br)cccc2CN1)(c1ccccc1)c1ccccc1. The maximum Gasteiger partial charge on any atom is 0.261 e. The Hall–Kier alpha value is -1.72. The topological polar surface area (TPSA) is 21.3 Å². The van der Waals surface area contributed by atoms with E-state index in [4.69, 9.17) is 4.43 Å². The number of fused-ring (bicyclic) bond motifs is 1.